The molecular weight excluding hydrogens is 168 g/mol. The van der Waals surface area contributed by atoms with Gasteiger partial charge in [0.1, 0.15) is 0 Å². The van der Waals surface area contributed by atoms with Gasteiger partial charge >= 0.3 is 0 Å². The van der Waals surface area contributed by atoms with Crippen molar-refractivity contribution in [2.45, 2.75) is 0 Å². The first-order valence-electron chi connectivity index (χ1n) is 2.34. The summed E-state index contributed by atoms with van der Waals surface area (Å²) in [6.45, 7) is 0. The Morgan fingerprint density at radius 3 is 1.00 bits per heavy atom. The van der Waals surface area contributed by atoms with E-state index in [0.29, 0.717) is 0 Å². The fourth-order valence-electron chi connectivity index (χ4n) is 0.468. The van der Waals surface area contributed by atoms with Gasteiger partial charge in [0.05, 0.1) is 0 Å². The van der Waals surface area contributed by atoms with E-state index in [0.717, 1.165) is 0 Å². The van der Waals surface area contributed by atoms with Gasteiger partial charge in [-0.15, -0.1) is 20.5 Å². The Kier molecular flexibility index (Phi) is 3.39. The van der Waals surface area contributed by atoms with Crippen LogP contribution in [0.2, 0.25) is 0 Å². The van der Waals surface area contributed by atoms with E-state index in [9.17, 15) is 0 Å². The zero-order chi connectivity index (χ0) is 6.81. The van der Waals surface area contributed by atoms with Gasteiger partial charge in [-0.3, -0.25) is 0 Å². The molecule has 0 unspecified atom stereocenters. The largest absolute Gasteiger partial charge is 0.412 e. The highest BCUT2D eigenvalue weighted by Gasteiger charge is 2.10. The summed E-state index contributed by atoms with van der Waals surface area (Å²) in [5, 5.41) is 26.9. The Balaban J connectivity index is 0.000000605. The Bertz CT molecular complexity index is 240. The van der Waals surface area contributed by atoms with Crippen LogP contribution in [-0.4, -0.2) is 11.0 Å². The Morgan fingerprint density at radius 2 is 0.750 bits per heavy atom. The summed E-state index contributed by atoms with van der Waals surface area (Å²) >= 11 is 0. The fraction of sp³-hybridized carbons (Fsp3) is 0. The third-order valence-electron chi connectivity index (χ3n) is 0.838. The van der Waals surface area contributed by atoms with Crippen LogP contribution >= 0.6 is 0 Å². The predicted molar refractivity (Wildman–Crippen MR) is 33.7 cm³/mol. The van der Waals surface area contributed by atoms with Gasteiger partial charge in [0, 0.05) is 0 Å². The van der Waals surface area contributed by atoms with Crippen molar-refractivity contribution in [3.8, 4) is 0 Å². The van der Waals surface area contributed by atoms with Crippen LogP contribution in [0.4, 0.5) is 0 Å². The summed E-state index contributed by atoms with van der Waals surface area (Å²) in [7, 11) is 0. The van der Waals surface area contributed by atoms with Crippen LogP contribution in [0.5, 0.6) is 0 Å². The number of nitrogens with zero attached hydrogens (tertiary/aromatic N) is 8. The molecule has 0 aromatic rings. The zero-order valence-corrected chi connectivity index (χ0v) is 5.58. The minimum Gasteiger partial charge on any atom is -0.412 e. The van der Waals surface area contributed by atoms with Crippen molar-refractivity contribution in [3.63, 3.8) is 0 Å². The van der Waals surface area contributed by atoms with Crippen molar-refractivity contribution >= 4 is 0 Å². The Hall–Kier alpha value is -1.94. The summed E-state index contributed by atoms with van der Waals surface area (Å²) in [6.07, 6.45) is 0. The van der Waals surface area contributed by atoms with Gasteiger partial charge in [-0.2, -0.15) is 0 Å². The highest BCUT2D eigenvalue weighted by molar-refractivity contribution is 5.08. The molecular formula is C2H4N8O2. The molecule has 0 fully saturated rings. The molecule has 2 heterocycles. The molecule has 0 bridgehead atoms. The lowest BCUT2D eigenvalue weighted by Gasteiger charge is -1.79. The van der Waals surface area contributed by atoms with Crippen molar-refractivity contribution in [3.05, 3.63) is 11.6 Å². The highest BCUT2D eigenvalue weighted by atomic mass is 16.0. The summed E-state index contributed by atoms with van der Waals surface area (Å²) in [6, 6.07) is 0. The van der Waals surface area contributed by atoms with Crippen molar-refractivity contribution in [2.75, 3.05) is 0 Å². The van der Waals surface area contributed by atoms with Crippen molar-refractivity contribution < 1.29 is 11.0 Å². The molecule has 2 aliphatic heterocycles. The van der Waals surface area contributed by atoms with E-state index in [4.69, 9.17) is 0 Å². The average molecular weight is 172 g/mol. The number of rotatable bonds is 0. The monoisotopic (exact) mass is 172 g/mol. The predicted octanol–water partition coefficient (Wildman–Crippen LogP) is 0.130. The van der Waals surface area contributed by atoms with Crippen LogP contribution < -0.4 is 0 Å². The molecule has 10 nitrogen and oxygen atoms in total. The number of hydrogen-bond donors (Lipinski definition) is 0. The first-order chi connectivity index (χ1) is 4.97. The third kappa shape index (κ3) is 1.56. The minimum absolute atomic E-state index is 0. The molecule has 12 heavy (non-hydrogen) atoms. The molecule has 64 valence electrons. The van der Waals surface area contributed by atoms with Crippen LogP contribution in [-0.2, 0) is 0 Å². The number of hydrogen-bond acceptors (Lipinski definition) is 8. The van der Waals surface area contributed by atoms with Gasteiger partial charge in [0.2, 0.25) is 11.6 Å². The molecule has 2 aliphatic rings. The topological polar surface area (TPSA) is 162 Å². The first kappa shape index (κ1) is 10.1. The molecule has 0 spiro atoms. The molecule has 0 atom stereocenters. The SMILES string of the molecule is N1=NC(=C2N=NN=N2)N=N1.O.O. The van der Waals surface area contributed by atoms with Crippen LogP contribution in [0.25, 0.3) is 0 Å². The minimum atomic E-state index is 0. The smallest absolute Gasteiger partial charge is 0.248 e. The molecule has 10 heteroatoms. The van der Waals surface area contributed by atoms with Gasteiger partial charge in [-0.25, -0.2) is 0 Å². The molecule has 0 amide bonds. The normalized spacial score (nSPS) is 16.7. The average Bonchev–Trinajstić information content (AvgIpc) is 2.59. The van der Waals surface area contributed by atoms with Gasteiger partial charge in [0.15, 0.2) is 0 Å². The second-order valence-corrected chi connectivity index (χ2v) is 1.40. The van der Waals surface area contributed by atoms with Gasteiger partial charge in [-0.05, 0) is 20.9 Å². The fourth-order valence-corrected chi connectivity index (χ4v) is 0.468. The summed E-state index contributed by atoms with van der Waals surface area (Å²) in [5.41, 5.74) is 0. The van der Waals surface area contributed by atoms with Crippen LogP contribution in [0.1, 0.15) is 0 Å². The Morgan fingerprint density at radius 1 is 0.500 bits per heavy atom. The van der Waals surface area contributed by atoms with Crippen molar-refractivity contribution in [2.24, 2.45) is 41.4 Å². The van der Waals surface area contributed by atoms with Crippen LogP contribution in [0, 0.1) is 0 Å². The van der Waals surface area contributed by atoms with Crippen molar-refractivity contribution in [1.29, 1.82) is 0 Å². The molecule has 0 aromatic heterocycles. The van der Waals surface area contributed by atoms with E-state index >= 15 is 0 Å². The van der Waals surface area contributed by atoms with E-state index < -0.39 is 0 Å². The lowest BCUT2D eigenvalue weighted by Crippen LogP contribution is -1.71. The molecule has 2 rings (SSSR count). The van der Waals surface area contributed by atoms with E-state index in [1.807, 2.05) is 0 Å². The standard InChI is InChI=1S/C2N8.2H2O/c3-1(4-8-7-3)2-5-9-10-6-2;;/h;2*1H2. The third-order valence-corrected chi connectivity index (χ3v) is 0.838. The van der Waals surface area contributed by atoms with E-state index in [1.54, 1.807) is 0 Å². The van der Waals surface area contributed by atoms with E-state index in [2.05, 4.69) is 41.4 Å². The van der Waals surface area contributed by atoms with Crippen molar-refractivity contribution in [1.82, 2.24) is 0 Å². The maximum absolute atomic E-state index is 3.48. The van der Waals surface area contributed by atoms with Gasteiger partial charge in [0.25, 0.3) is 0 Å². The zero-order valence-electron chi connectivity index (χ0n) is 5.58. The summed E-state index contributed by atoms with van der Waals surface area (Å²) in [4.78, 5) is 0. The quantitative estimate of drug-likeness (QED) is 0.485. The van der Waals surface area contributed by atoms with Gasteiger partial charge < -0.3 is 11.0 Å². The maximum atomic E-state index is 3.48. The van der Waals surface area contributed by atoms with Gasteiger partial charge in [-0.1, -0.05) is 0 Å². The summed E-state index contributed by atoms with van der Waals surface area (Å²) in [5.74, 6) is 0.481. The molecule has 0 aromatic carbocycles. The molecule has 0 saturated carbocycles. The highest BCUT2D eigenvalue weighted by Crippen LogP contribution is 2.19. The molecule has 0 saturated heterocycles. The second kappa shape index (κ2) is 4.05. The second-order valence-electron chi connectivity index (χ2n) is 1.40. The Labute approximate surface area is 65.1 Å². The molecule has 0 aliphatic carbocycles. The lowest BCUT2D eigenvalue weighted by molar-refractivity contribution is 0.823. The molecule has 0 radical (unpaired) electrons. The summed E-state index contributed by atoms with van der Waals surface area (Å²) < 4.78 is 0. The van der Waals surface area contributed by atoms with E-state index in [1.165, 1.54) is 0 Å². The van der Waals surface area contributed by atoms with Crippen LogP contribution in [0.3, 0.4) is 0 Å². The van der Waals surface area contributed by atoms with E-state index in [-0.39, 0.29) is 22.6 Å². The maximum Gasteiger partial charge on any atom is 0.248 e. The first-order valence-corrected chi connectivity index (χ1v) is 2.34. The van der Waals surface area contributed by atoms with Crippen LogP contribution in [0.15, 0.2) is 53.0 Å². The molecule has 4 N–H and O–H groups in total. The lowest BCUT2D eigenvalue weighted by atomic mass is 10.7.